The molecule has 1 unspecified atom stereocenters. The maximum Gasteiger partial charge on any atom is 0.405 e. The van der Waals surface area contributed by atoms with Gasteiger partial charge in [-0.05, 0) is 31.9 Å². The predicted molar refractivity (Wildman–Crippen MR) is 78.7 cm³/mol. The normalized spacial score (nSPS) is 17.0. The van der Waals surface area contributed by atoms with E-state index in [4.69, 9.17) is 5.73 Å². The summed E-state index contributed by atoms with van der Waals surface area (Å²) in [6.07, 6.45) is -4.88. The van der Waals surface area contributed by atoms with Crippen LogP contribution in [0.5, 0.6) is 0 Å². The zero-order valence-corrected chi connectivity index (χ0v) is 13.3. The number of halogens is 3. The molecule has 0 spiro atoms. The Labute approximate surface area is 136 Å². The summed E-state index contributed by atoms with van der Waals surface area (Å²) in [5.74, 6) is 0. The number of rotatable bonds is 7. The van der Waals surface area contributed by atoms with Crippen LogP contribution in [-0.2, 0) is 10.0 Å². The third-order valence-electron chi connectivity index (χ3n) is 3.65. The van der Waals surface area contributed by atoms with Gasteiger partial charge in [0.05, 0.1) is 4.92 Å². The van der Waals surface area contributed by atoms with E-state index in [-0.39, 0.29) is 19.4 Å². The Bertz CT molecular complexity index is 719. The lowest BCUT2D eigenvalue weighted by atomic mass is 10.2. The summed E-state index contributed by atoms with van der Waals surface area (Å²) in [5.41, 5.74) is 4.46. The minimum atomic E-state index is -4.82. The van der Waals surface area contributed by atoms with Crippen LogP contribution in [0.2, 0.25) is 0 Å². The van der Waals surface area contributed by atoms with Crippen molar-refractivity contribution in [1.29, 1.82) is 0 Å². The van der Waals surface area contributed by atoms with E-state index in [1.807, 2.05) is 0 Å². The van der Waals surface area contributed by atoms with Crippen LogP contribution >= 0.6 is 0 Å². The fourth-order valence-corrected chi connectivity index (χ4v) is 4.53. The van der Waals surface area contributed by atoms with Gasteiger partial charge in [0.15, 0.2) is 4.90 Å². The Hall–Kier alpha value is -1.72. The molecule has 1 fully saturated rings. The summed E-state index contributed by atoms with van der Waals surface area (Å²) in [4.78, 5) is 9.38. The smallest absolute Gasteiger partial charge is 0.330 e. The second kappa shape index (κ2) is 6.65. The van der Waals surface area contributed by atoms with Crippen molar-refractivity contribution in [3.05, 3.63) is 34.4 Å². The number of nitro benzene ring substituents is 1. The van der Waals surface area contributed by atoms with Crippen molar-refractivity contribution >= 4 is 15.7 Å². The maximum absolute atomic E-state index is 13.4. The van der Waals surface area contributed by atoms with Crippen LogP contribution < -0.4 is 5.73 Å². The van der Waals surface area contributed by atoms with E-state index in [1.54, 1.807) is 0 Å². The molecular formula is C13H16F3N3O4S. The SMILES string of the molecule is NCCC(N(C1CC1)S(=O)(=O)c1ccccc1[N+](=O)[O-])C(F)(F)F. The van der Waals surface area contributed by atoms with E-state index in [1.165, 1.54) is 12.1 Å². The van der Waals surface area contributed by atoms with E-state index in [9.17, 15) is 31.7 Å². The third-order valence-corrected chi connectivity index (χ3v) is 5.66. The first-order valence-corrected chi connectivity index (χ1v) is 8.58. The molecule has 0 heterocycles. The van der Waals surface area contributed by atoms with Gasteiger partial charge >= 0.3 is 6.18 Å². The molecule has 11 heteroatoms. The summed E-state index contributed by atoms with van der Waals surface area (Å²) in [5, 5.41) is 11.0. The van der Waals surface area contributed by atoms with Crippen LogP contribution in [0.25, 0.3) is 0 Å². The van der Waals surface area contributed by atoms with Gasteiger partial charge in [-0.1, -0.05) is 12.1 Å². The van der Waals surface area contributed by atoms with Crippen molar-refractivity contribution in [2.24, 2.45) is 5.73 Å². The van der Waals surface area contributed by atoms with Gasteiger partial charge < -0.3 is 5.73 Å². The lowest BCUT2D eigenvalue weighted by Crippen LogP contribution is -2.50. The molecule has 1 atom stereocenters. The molecule has 0 amide bonds. The van der Waals surface area contributed by atoms with Crippen LogP contribution in [0.4, 0.5) is 18.9 Å². The van der Waals surface area contributed by atoms with Gasteiger partial charge in [-0.15, -0.1) is 0 Å². The molecule has 134 valence electrons. The van der Waals surface area contributed by atoms with Gasteiger partial charge in [0.25, 0.3) is 15.7 Å². The fourth-order valence-electron chi connectivity index (χ4n) is 2.48. The number of nitro groups is 1. The minimum absolute atomic E-state index is 0.275. The Balaban J connectivity index is 2.57. The zero-order valence-electron chi connectivity index (χ0n) is 12.4. The second-order valence-electron chi connectivity index (χ2n) is 5.43. The summed E-state index contributed by atoms with van der Waals surface area (Å²) >= 11 is 0. The van der Waals surface area contributed by atoms with Crippen molar-refractivity contribution in [3.8, 4) is 0 Å². The lowest BCUT2D eigenvalue weighted by Gasteiger charge is -2.32. The average molecular weight is 367 g/mol. The van der Waals surface area contributed by atoms with Crippen molar-refractivity contribution in [2.75, 3.05) is 6.54 Å². The Morgan fingerprint density at radius 3 is 2.38 bits per heavy atom. The molecule has 1 aromatic carbocycles. The van der Waals surface area contributed by atoms with Crippen molar-refractivity contribution < 1.29 is 26.5 Å². The molecular weight excluding hydrogens is 351 g/mol. The number of hydrogen-bond acceptors (Lipinski definition) is 5. The highest BCUT2D eigenvalue weighted by molar-refractivity contribution is 7.89. The minimum Gasteiger partial charge on any atom is -0.330 e. The molecule has 0 aliphatic heterocycles. The first kappa shape index (κ1) is 18.6. The number of nitrogens with two attached hydrogens (primary N) is 1. The summed E-state index contributed by atoms with van der Waals surface area (Å²) in [7, 11) is -4.70. The van der Waals surface area contributed by atoms with Crippen molar-refractivity contribution in [1.82, 2.24) is 4.31 Å². The van der Waals surface area contributed by atoms with Crippen LogP contribution in [0.15, 0.2) is 29.2 Å². The van der Waals surface area contributed by atoms with Crippen molar-refractivity contribution in [2.45, 2.75) is 42.4 Å². The predicted octanol–water partition coefficient (Wildman–Crippen LogP) is 2.03. The first-order chi connectivity index (χ1) is 11.1. The first-order valence-electron chi connectivity index (χ1n) is 7.14. The number of sulfonamides is 1. The lowest BCUT2D eigenvalue weighted by molar-refractivity contribution is -0.387. The number of hydrogen-bond donors (Lipinski definition) is 1. The summed E-state index contributed by atoms with van der Waals surface area (Å²) in [6.45, 7) is -0.361. The zero-order chi connectivity index (χ0) is 18.1. The van der Waals surface area contributed by atoms with Crippen LogP contribution in [-0.4, -0.2) is 42.5 Å². The Morgan fingerprint density at radius 2 is 1.92 bits per heavy atom. The maximum atomic E-state index is 13.4. The standard InChI is InChI=1S/C13H16F3N3O4S/c14-13(15,16)12(7-8-17)18(9-5-6-9)24(22,23)11-4-2-1-3-10(11)19(20)21/h1-4,9,12H,5-8,17H2. The number of para-hydroxylation sites is 1. The quantitative estimate of drug-likeness (QED) is 0.586. The van der Waals surface area contributed by atoms with Crippen LogP contribution in [0.1, 0.15) is 19.3 Å². The molecule has 0 saturated heterocycles. The Morgan fingerprint density at radius 1 is 1.33 bits per heavy atom. The van der Waals surface area contributed by atoms with Gasteiger partial charge in [-0.25, -0.2) is 8.42 Å². The van der Waals surface area contributed by atoms with E-state index in [0.29, 0.717) is 4.31 Å². The van der Waals surface area contributed by atoms with E-state index in [0.717, 1.165) is 12.1 Å². The molecule has 0 aromatic heterocycles. The monoisotopic (exact) mass is 367 g/mol. The van der Waals surface area contributed by atoms with Crippen molar-refractivity contribution in [3.63, 3.8) is 0 Å². The van der Waals surface area contributed by atoms with Gasteiger partial charge in [0.2, 0.25) is 0 Å². The van der Waals surface area contributed by atoms with Crippen LogP contribution in [0.3, 0.4) is 0 Å². The summed E-state index contributed by atoms with van der Waals surface area (Å²) in [6, 6.07) is 1.24. The summed E-state index contributed by atoms with van der Waals surface area (Å²) < 4.78 is 66.0. The van der Waals surface area contributed by atoms with E-state index in [2.05, 4.69) is 0 Å². The molecule has 1 aliphatic carbocycles. The molecule has 24 heavy (non-hydrogen) atoms. The molecule has 0 bridgehead atoms. The van der Waals surface area contributed by atoms with Gasteiger partial charge in [0.1, 0.15) is 6.04 Å². The van der Waals surface area contributed by atoms with E-state index >= 15 is 0 Å². The van der Waals surface area contributed by atoms with Gasteiger partial charge in [0, 0.05) is 12.1 Å². The average Bonchev–Trinajstić information content (AvgIpc) is 3.30. The molecule has 1 saturated carbocycles. The molecule has 7 nitrogen and oxygen atoms in total. The molecule has 2 rings (SSSR count). The Kier molecular flexibility index (Phi) is 5.16. The topological polar surface area (TPSA) is 107 Å². The second-order valence-corrected chi connectivity index (χ2v) is 7.24. The molecule has 1 aliphatic rings. The largest absolute Gasteiger partial charge is 0.405 e. The van der Waals surface area contributed by atoms with E-state index < -0.39 is 50.2 Å². The number of alkyl halides is 3. The highest BCUT2D eigenvalue weighted by Gasteiger charge is 2.53. The fraction of sp³-hybridized carbons (Fsp3) is 0.538. The molecule has 0 radical (unpaired) electrons. The van der Waals surface area contributed by atoms with Gasteiger partial charge in [-0.3, -0.25) is 10.1 Å². The highest BCUT2D eigenvalue weighted by atomic mass is 32.2. The molecule has 2 N–H and O–H groups in total. The van der Waals surface area contributed by atoms with Gasteiger partial charge in [-0.2, -0.15) is 17.5 Å². The number of nitrogens with zero attached hydrogens (tertiary/aromatic N) is 2. The number of benzene rings is 1. The highest BCUT2D eigenvalue weighted by Crippen LogP contribution is 2.41. The third kappa shape index (κ3) is 3.68. The van der Waals surface area contributed by atoms with Crippen LogP contribution in [0, 0.1) is 10.1 Å². The molecule has 1 aromatic rings.